The van der Waals surface area contributed by atoms with Crippen molar-refractivity contribution in [2.24, 2.45) is 0 Å². The van der Waals surface area contributed by atoms with Gasteiger partial charge in [-0.2, -0.15) is 0 Å². The van der Waals surface area contributed by atoms with Gasteiger partial charge >= 0.3 is 0 Å². The van der Waals surface area contributed by atoms with E-state index in [-0.39, 0.29) is 30.0 Å². The fourth-order valence-corrected chi connectivity index (χ4v) is 4.66. The fraction of sp³-hybridized carbons (Fsp3) is 0.444. The van der Waals surface area contributed by atoms with E-state index in [0.717, 1.165) is 22.5 Å². The summed E-state index contributed by atoms with van der Waals surface area (Å²) in [5.41, 5.74) is 1.25. The zero-order valence-corrected chi connectivity index (χ0v) is 23.2. The molecule has 0 bridgehead atoms. The number of rotatable bonds is 13. The summed E-state index contributed by atoms with van der Waals surface area (Å²) in [6.45, 7) is 6.56. The molecular weight excluding hydrogens is 494 g/mol. The predicted molar refractivity (Wildman–Crippen MR) is 144 cm³/mol. The summed E-state index contributed by atoms with van der Waals surface area (Å²) in [6.07, 6.45) is 2.05. The number of Topliss-reactive ketones (excluding diaryl/α,β-unsaturated/α-hetero) is 1. The van der Waals surface area contributed by atoms with Gasteiger partial charge in [-0.1, -0.05) is 38.1 Å². The average molecular weight is 532 g/mol. The minimum atomic E-state index is -3.89. The van der Waals surface area contributed by atoms with Gasteiger partial charge in [0.25, 0.3) is 0 Å². The summed E-state index contributed by atoms with van der Waals surface area (Å²) in [7, 11) is -2.36. The summed E-state index contributed by atoms with van der Waals surface area (Å²) in [6, 6.07) is 12.3. The van der Waals surface area contributed by atoms with Crippen LogP contribution in [-0.2, 0) is 26.2 Å². The van der Waals surface area contributed by atoms with Gasteiger partial charge in [0.2, 0.25) is 21.8 Å². The molecule has 10 heteroatoms. The van der Waals surface area contributed by atoms with E-state index in [4.69, 9.17) is 4.74 Å². The highest BCUT2D eigenvalue weighted by Crippen LogP contribution is 2.22. The second kappa shape index (κ2) is 13.2. The Morgan fingerprint density at radius 3 is 2.27 bits per heavy atom. The van der Waals surface area contributed by atoms with Gasteiger partial charge in [0.15, 0.2) is 5.78 Å². The first-order chi connectivity index (χ1) is 17.4. The number of carbonyl (C=O) groups is 3. The molecule has 2 rings (SSSR count). The van der Waals surface area contributed by atoms with Crippen LogP contribution in [0.2, 0.25) is 0 Å². The lowest BCUT2D eigenvalue weighted by atomic mass is 10.1. The normalized spacial score (nSPS) is 12.8. The largest absolute Gasteiger partial charge is 0.497 e. The number of methoxy groups -OCH3 is 1. The second-order valence-electron chi connectivity index (χ2n) is 8.99. The minimum Gasteiger partial charge on any atom is -0.497 e. The van der Waals surface area contributed by atoms with Crippen molar-refractivity contribution in [3.8, 4) is 5.75 Å². The van der Waals surface area contributed by atoms with Crippen molar-refractivity contribution in [3.05, 3.63) is 59.7 Å². The molecular formula is C27H37N3O6S. The third-order valence-corrected chi connectivity index (χ3v) is 7.23. The van der Waals surface area contributed by atoms with Gasteiger partial charge in [0.05, 0.1) is 19.1 Å². The maximum atomic E-state index is 13.8. The summed E-state index contributed by atoms with van der Waals surface area (Å²) in [5, 5.41) is 2.93. The van der Waals surface area contributed by atoms with Crippen LogP contribution in [0.1, 0.15) is 56.5 Å². The first kappa shape index (κ1) is 29.8. The highest BCUT2D eigenvalue weighted by atomic mass is 32.2. The number of hydrogen-bond donors (Lipinski definition) is 1. The van der Waals surface area contributed by atoms with E-state index in [1.165, 1.54) is 31.1 Å². The highest BCUT2D eigenvalue weighted by molar-refractivity contribution is 7.92. The molecule has 2 amide bonds. The van der Waals surface area contributed by atoms with Gasteiger partial charge in [-0.15, -0.1) is 0 Å². The van der Waals surface area contributed by atoms with Gasteiger partial charge in [-0.25, -0.2) is 8.42 Å². The highest BCUT2D eigenvalue weighted by Gasteiger charge is 2.32. The molecule has 0 spiro atoms. The van der Waals surface area contributed by atoms with Crippen molar-refractivity contribution in [2.75, 3.05) is 24.2 Å². The average Bonchev–Trinajstić information content (AvgIpc) is 2.86. The number of hydrogen-bond acceptors (Lipinski definition) is 6. The second-order valence-corrected chi connectivity index (χ2v) is 10.9. The van der Waals surface area contributed by atoms with Crippen LogP contribution in [0, 0.1) is 0 Å². The Kier molecular flexibility index (Phi) is 10.7. The summed E-state index contributed by atoms with van der Waals surface area (Å²) < 4.78 is 31.7. The van der Waals surface area contributed by atoms with Crippen molar-refractivity contribution >= 4 is 33.3 Å². The Morgan fingerprint density at radius 2 is 1.70 bits per heavy atom. The first-order valence-electron chi connectivity index (χ1n) is 12.2. The van der Waals surface area contributed by atoms with Crippen LogP contribution in [0.5, 0.6) is 5.75 Å². The Balaban J connectivity index is 2.49. The third-order valence-electron chi connectivity index (χ3n) is 6.09. The van der Waals surface area contributed by atoms with Crippen molar-refractivity contribution in [1.82, 2.24) is 10.2 Å². The number of sulfonamides is 1. The van der Waals surface area contributed by atoms with Gasteiger partial charge in [0, 0.05) is 18.2 Å². The third kappa shape index (κ3) is 8.31. The standard InChI is InChI=1S/C27H37N3O6S/c1-7-19(3)28-27(33)25(8-2)29(17-21-11-9-14-24(15-21)36-5)26(32)18-30(37(6,34)35)23-13-10-12-22(16-23)20(4)31/h9-16,19,25H,7-8,17-18H2,1-6H3,(H,28,33). The molecule has 0 aliphatic rings. The molecule has 2 aromatic rings. The van der Waals surface area contributed by atoms with Gasteiger partial charge in [-0.05, 0) is 56.5 Å². The number of nitrogens with one attached hydrogen (secondary N) is 1. The molecule has 0 heterocycles. The molecule has 202 valence electrons. The number of amides is 2. The van der Waals surface area contributed by atoms with Crippen LogP contribution in [0.25, 0.3) is 0 Å². The quantitative estimate of drug-likeness (QED) is 0.397. The van der Waals surface area contributed by atoms with Crippen molar-refractivity contribution in [2.45, 2.75) is 59.2 Å². The van der Waals surface area contributed by atoms with Crippen LogP contribution >= 0.6 is 0 Å². The lowest BCUT2D eigenvalue weighted by molar-refractivity contribution is -0.140. The number of ether oxygens (including phenoxy) is 1. The zero-order chi connectivity index (χ0) is 27.8. The fourth-order valence-electron chi connectivity index (χ4n) is 3.82. The monoisotopic (exact) mass is 531 g/mol. The predicted octanol–water partition coefficient (Wildman–Crippen LogP) is 3.39. The molecule has 1 N–H and O–H groups in total. The summed E-state index contributed by atoms with van der Waals surface area (Å²) in [5.74, 6) is -0.486. The molecule has 2 aromatic carbocycles. The SMILES string of the molecule is CCC(C)NC(=O)C(CC)N(Cc1cccc(OC)c1)C(=O)CN(c1cccc(C(C)=O)c1)S(C)(=O)=O. The molecule has 0 aromatic heterocycles. The Bertz CT molecular complexity index is 1210. The molecule has 0 radical (unpaired) electrons. The van der Waals surface area contributed by atoms with E-state index in [9.17, 15) is 22.8 Å². The molecule has 0 aliphatic carbocycles. The van der Waals surface area contributed by atoms with Crippen LogP contribution in [0.3, 0.4) is 0 Å². The van der Waals surface area contributed by atoms with E-state index in [0.29, 0.717) is 17.7 Å². The van der Waals surface area contributed by atoms with E-state index in [1.54, 1.807) is 37.3 Å². The minimum absolute atomic E-state index is 0.0769. The van der Waals surface area contributed by atoms with Crippen molar-refractivity contribution in [1.29, 1.82) is 0 Å². The number of nitrogens with zero attached hydrogens (tertiary/aromatic N) is 2. The van der Waals surface area contributed by atoms with Crippen LogP contribution in [-0.4, -0.2) is 62.9 Å². The van der Waals surface area contributed by atoms with Crippen molar-refractivity contribution < 1.29 is 27.5 Å². The number of ketones is 1. The van der Waals surface area contributed by atoms with E-state index in [1.807, 2.05) is 19.9 Å². The topological polar surface area (TPSA) is 113 Å². The van der Waals surface area contributed by atoms with E-state index >= 15 is 0 Å². The Labute approximate surface area is 219 Å². The molecule has 2 unspecified atom stereocenters. The first-order valence-corrected chi connectivity index (χ1v) is 14.1. The molecule has 0 saturated heterocycles. The van der Waals surface area contributed by atoms with Crippen LogP contribution in [0.15, 0.2) is 48.5 Å². The number of benzene rings is 2. The lowest BCUT2D eigenvalue weighted by Crippen LogP contribution is -2.53. The Morgan fingerprint density at radius 1 is 1.03 bits per heavy atom. The molecule has 0 fully saturated rings. The van der Waals surface area contributed by atoms with Crippen molar-refractivity contribution in [3.63, 3.8) is 0 Å². The maximum Gasteiger partial charge on any atom is 0.244 e. The Hall–Kier alpha value is -3.40. The molecule has 0 aliphatic heterocycles. The summed E-state index contributed by atoms with van der Waals surface area (Å²) in [4.78, 5) is 40.2. The lowest BCUT2D eigenvalue weighted by Gasteiger charge is -2.33. The molecule has 2 atom stereocenters. The van der Waals surface area contributed by atoms with Crippen LogP contribution in [0.4, 0.5) is 5.69 Å². The molecule has 0 saturated carbocycles. The smallest absolute Gasteiger partial charge is 0.244 e. The van der Waals surface area contributed by atoms with E-state index < -0.39 is 28.5 Å². The number of anilines is 1. The van der Waals surface area contributed by atoms with Gasteiger partial charge in [-0.3, -0.25) is 18.7 Å². The number of carbonyl (C=O) groups excluding carboxylic acids is 3. The van der Waals surface area contributed by atoms with E-state index in [2.05, 4.69) is 5.32 Å². The van der Waals surface area contributed by atoms with Gasteiger partial charge in [0.1, 0.15) is 18.3 Å². The molecule has 9 nitrogen and oxygen atoms in total. The molecule has 37 heavy (non-hydrogen) atoms. The maximum absolute atomic E-state index is 13.8. The summed E-state index contributed by atoms with van der Waals surface area (Å²) >= 11 is 0. The van der Waals surface area contributed by atoms with Crippen LogP contribution < -0.4 is 14.4 Å². The zero-order valence-electron chi connectivity index (χ0n) is 22.4. The van der Waals surface area contributed by atoms with Gasteiger partial charge < -0.3 is 15.0 Å².